The van der Waals surface area contributed by atoms with Crippen LogP contribution in [0.25, 0.3) is 0 Å². The normalized spacial score (nSPS) is 13.0. The summed E-state index contributed by atoms with van der Waals surface area (Å²) in [7, 11) is 0. The quantitative estimate of drug-likeness (QED) is 0.913. The molecule has 0 amide bonds. The largest absolute Gasteiger partial charge is 0.469 e. The maximum absolute atomic E-state index is 5.87. The Kier molecular flexibility index (Phi) is 4.91. The molecule has 4 nitrogen and oxygen atoms in total. The van der Waals surface area contributed by atoms with E-state index in [0.717, 1.165) is 11.3 Å². The van der Waals surface area contributed by atoms with Gasteiger partial charge < -0.3 is 10.1 Å². The van der Waals surface area contributed by atoms with Crippen molar-refractivity contribution >= 4 is 0 Å². The molecule has 1 N–H and O–H groups in total. The van der Waals surface area contributed by atoms with Crippen LogP contribution in [0.5, 0.6) is 5.88 Å². The minimum Gasteiger partial charge on any atom is -0.469 e. The van der Waals surface area contributed by atoms with Crippen molar-refractivity contribution in [3.05, 3.63) is 54.0 Å². The lowest BCUT2D eigenvalue weighted by molar-refractivity contribution is 0.215. The molecule has 0 saturated carbocycles. The Bertz CT molecular complexity index is 564. The fraction of sp³-hybridized carbons (Fsp3) is 0.412. The summed E-state index contributed by atoms with van der Waals surface area (Å²) >= 11 is 0. The van der Waals surface area contributed by atoms with E-state index >= 15 is 0 Å². The van der Waals surface area contributed by atoms with Gasteiger partial charge in [-0.15, -0.1) is 0 Å². The maximum Gasteiger partial charge on any atom is 0.233 e. The van der Waals surface area contributed by atoms with E-state index in [0.29, 0.717) is 12.4 Å². The molecule has 0 bridgehead atoms. The first-order chi connectivity index (χ1) is 9.94. The van der Waals surface area contributed by atoms with Crippen molar-refractivity contribution in [3.8, 4) is 5.88 Å². The third-order valence-corrected chi connectivity index (χ3v) is 3.03. The minimum absolute atomic E-state index is 0.0497. The zero-order valence-electron chi connectivity index (χ0n) is 13.1. The van der Waals surface area contributed by atoms with Crippen molar-refractivity contribution < 1.29 is 4.74 Å². The number of nitrogens with zero attached hydrogens (tertiary/aromatic N) is 2. The Morgan fingerprint density at radius 2 is 1.86 bits per heavy atom. The van der Waals surface area contributed by atoms with Crippen LogP contribution in [-0.2, 0) is 6.54 Å². The van der Waals surface area contributed by atoms with Crippen LogP contribution >= 0.6 is 0 Å². The molecule has 1 aromatic heterocycles. The Hall–Kier alpha value is -1.94. The molecule has 0 radical (unpaired) electrons. The van der Waals surface area contributed by atoms with Gasteiger partial charge in [0.1, 0.15) is 6.10 Å². The number of rotatable bonds is 5. The third kappa shape index (κ3) is 5.16. The summed E-state index contributed by atoms with van der Waals surface area (Å²) in [6, 6.07) is 10.1. The van der Waals surface area contributed by atoms with Crippen LogP contribution in [0.3, 0.4) is 0 Å². The Labute approximate surface area is 126 Å². The Morgan fingerprint density at radius 3 is 2.52 bits per heavy atom. The Balaban J connectivity index is 2.01. The van der Waals surface area contributed by atoms with Crippen molar-refractivity contribution in [1.29, 1.82) is 0 Å². The number of benzene rings is 1. The molecule has 2 aromatic rings. The molecule has 1 unspecified atom stereocenters. The summed E-state index contributed by atoms with van der Waals surface area (Å²) in [4.78, 5) is 8.70. The molecule has 21 heavy (non-hydrogen) atoms. The van der Waals surface area contributed by atoms with Crippen molar-refractivity contribution in [2.24, 2.45) is 0 Å². The van der Waals surface area contributed by atoms with Crippen LogP contribution in [0.4, 0.5) is 0 Å². The average Bonchev–Trinajstić information content (AvgIpc) is 2.46. The summed E-state index contributed by atoms with van der Waals surface area (Å²) in [5.74, 6) is 0.555. The smallest absolute Gasteiger partial charge is 0.233 e. The molecule has 4 heteroatoms. The second-order valence-corrected chi connectivity index (χ2v) is 6.12. The molecule has 0 aliphatic rings. The fourth-order valence-corrected chi connectivity index (χ4v) is 1.86. The van der Waals surface area contributed by atoms with Gasteiger partial charge >= 0.3 is 0 Å². The highest BCUT2D eigenvalue weighted by atomic mass is 16.5. The second kappa shape index (κ2) is 6.68. The van der Waals surface area contributed by atoms with Gasteiger partial charge in [-0.1, -0.05) is 30.3 Å². The van der Waals surface area contributed by atoms with E-state index in [4.69, 9.17) is 4.74 Å². The second-order valence-electron chi connectivity index (χ2n) is 6.12. The first kappa shape index (κ1) is 15.4. The zero-order chi connectivity index (χ0) is 15.3. The highest BCUT2D eigenvalue weighted by Crippen LogP contribution is 2.19. The number of nitrogens with one attached hydrogen (secondary N) is 1. The van der Waals surface area contributed by atoms with Gasteiger partial charge in [-0.2, -0.15) is 0 Å². The molecular formula is C17H23N3O. The molecule has 2 rings (SSSR count). The van der Waals surface area contributed by atoms with E-state index in [1.807, 2.05) is 37.3 Å². The number of hydrogen-bond acceptors (Lipinski definition) is 4. The molecule has 1 atom stereocenters. The lowest BCUT2D eigenvalue weighted by Crippen LogP contribution is -2.35. The molecular weight excluding hydrogens is 262 g/mol. The van der Waals surface area contributed by atoms with Gasteiger partial charge in [0, 0.05) is 18.3 Å². The lowest BCUT2D eigenvalue weighted by atomic mass is 10.1. The molecule has 0 saturated heterocycles. The van der Waals surface area contributed by atoms with Gasteiger partial charge in [-0.05, 0) is 33.3 Å². The Morgan fingerprint density at radius 1 is 1.14 bits per heavy atom. The molecule has 0 spiro atoms. The van der Waals surface area contributed by atoms with Gasteiger partial charge in [0.15, 0.2) is 0 Å². The number of hydrogen-bond donors (Lipinski definition) is 1. The molecule has 1 aromatic carbocycles. The monoisotopic (exact) mass is 285 g/mol. The third-order valence-electron chi connectivity index (χ3n) is 3.03. The van der Waals surface area contributed by atoms with E-state index < -0.39 is 0 Å². The molecule has 0 aliphatic heterocycles. The predicted octanol–water partition coefficient (Wildman–Crippen LogP) is 3.50. The standard InChI is InChI=1S/C17H23N3O/c1-13(14-8-6-5-7-9-14)21-16-12-18-10-15(20-16)11-19-17(2,3)4/h5-10,12-13,19H,11H2,1-4H3. The fourth-order valence-electron chi connectivity index (χ4n) is 1.86. The first-order valence-electron chi connectivity index (χ1n) is 7.21. The SMILES string of the molecule is CC(Oc1cncc(CNC(C)(C)C)n1)c1ccccc1. The predicted molar refractivity (Wildman–Crippen MR) is 84.1 cm³/mol. The maximum atomic E-state index is 5.87. The summed E-state index contributed by atoms with van der Waals surface area (Å²) in [5, 5.41) is 3.39. The van der Waals surface area contributed by atoms with E-state index in [9.17, 15) is 0 Å². The van der Waals surface area contributed by atoms with E-state index in [2.05, 4.69) is 36.1 Å². The van der Waals surface area contributed by atoms with Crippen LogP contribution in [0.15, 0.2) is 42.7 Å². The number of aromatic nitrogens is 2. The van der Waals surface area contributed by atoms with Crippen LogP contribution in [-0.4, -0.2) is 15.5 Å². The summed E-state index contributed by atoms with van der Waals surface area (Å²) in [5.41, 5.74) is 2.05. The zero-order valence-corrected chi connectivity index (χ0v) is 13.1. The van der Waals surface area contributed by atoms with E-state index in [1.165, 1.54) is 0 Å². The highest BCUT2D eigenvalue weighted by molar-refractivity contribution is 5.19. The van der Waals surface area contributed by atoms with Crippen LogP contribution in [0, 0.1) is 0 Å². The minimum atomic E-state index is -0.0497. The van der Waals surface area contributed by atoms with E-state index in [1.54, 1.807) is 12.4 Å². The molecule has 0 aliphatic carbocycles. The van der Waals surface area contributed by atoms with E-state index in [-0.39, 0.29) is 11.6 Å². The average molecular weight is 285 g/mol. The van der Waals surface area contributed by atoms with Crippen molar-refractivity contribution in [2.75, 3.05) is 0 Å². The summed E-state index contributed by atoms with van der Waals surface area (Å²) in [6.07, 6.45) is 3.37. The first-order valence-corrected chi connectivity index (χ1v) is 7.21. The van der Waals surface area contributed by atoms with Gasteiger partial charge in [0.25, 0.3) is 0 Å². The molecule has 0 fully saturated rings. The van der Waals surface area contributed by atoms with Crippen LogP contribution in [0.2, 0.25) is 0 Å². The van der Waals surface area contributed by atoms with Gasteiger partial charge in [-0.25, -0.2) is 4.98 Å². The van der Waals surface area contributed by atoms with Crippen molar-refractivity contribution in [3.63, 3.8) is 0 Å². The van der Waals surface area contributed by atoms with Crippen LogP contribution < -0.4 is 10.1 Å². The topological polar surface area (TPSA) is 47.0 Å². The van der Waals surface area contributed by atoms with Gasteiger partial charge in [0.05, 0.1) is 11.9 Å². The highest BCUT2D eigenvalue weighted by Gasteiger charge is 2.11. The van der Waals surface area contributed by atoms with Crippen molar-refractivity contribution in [1.82, 2.24) is 15.3 Å². The van der Waals surface area contributed by atoms with Gasteiger partial charge in [0.2, 0.25) is 5.88 Å². The van der Waals surface area contributed by atoms with Crippen molar-refractivity contribution in [2.45, 2.75) is 45.9 Å². The molecule has 1 heterocycles. The van der Waals surface area contributed by atoms with Gasteiger partial charge in [-0.3, -0.25) is 4.98 Å². The van der Waals surface area contributed by atoms with Crippen LogP contribution in [0.1, 0.15) is 45.1 Å². The molecule has 112 valence electrons. The summed E-state index contributed by atoms with van der Waals surface area (Å²) in [6.45, 7) is 9.05. The number of ether oxygens (including phenoxy) is 1. The summed E-state index contributed by atoms with van der Waals surface area (Å²) < 4.78 is 5.87. The lowest BCUT2D eigenvalue weighted by Gasteiger charge is -2.20.